The number of hydrogen-bond donors (Lipinski definition) is 1. The minimum atomic E-state index is -0.131. The lowest BCUT2D eigenvalue weighted by molar-refractivity contribution is -0.115. The summed E-state index contributed by atoms with van der Waals surface area (Å²) in [5.41, 5.74) is 3.87. The van der Waals surface area contributed by atoms with Crippen LogP contribution in [0.5, 0.6) is 0 Å². The van der Waals surface area contributed by atoms with Gasteiger partial charge in [-0.1, -0.05) is 42.8 Å². The predicted octanol–water partition coefficient (Wildman–Crippen LogP) is 6.47. The molecule has 1 atom stereocenters. The number of nitrogens with zero attached hydrogens (tertiary/aromatic N) is 2. The van der Waals surface area contributed by atoms with Gasteiger partial charge in [0.25, 0.3) is 5.91 Å². The van der Waals surface area contributed by atoms with E-state index in [1.807, 2.05) is 43.3 Å². The lowest BCUT2D eigenvalue weighted by Crippen LogP contribution is -2.19. The number of aliphatic imine (C=N–C) groups is 1. The number of nitrogens with one attached hydrogen (secondary N) is 1. The first kappa shape index (κ1) is 19.8. The molecule has 0 bridgehead atoms. The molecule has 1 aliphatic heterocycles. The Morgan fingerprint density at radius 2 is 2.03 bits per heavy atom. The first-order valence-electron chi connectivity index (χ1n) is 9.62. The summed E-state index contributed by atoms with van der Waals surface area (Å²) in [7, 11) is 0. The van der Waals surface area contributed by atoms with E-state index < -0.39 is 0 Å². The average Bonchev–Trinajstić information content (AvgIpc) is 3.26. The molecule has 1 aromatic heterocycles. The molecular formula is C23H22ClN3OS. The number of halogens is 1. The van der Waals surface area contributed by atoms with Gasteiger partial charge in [-0.2, -0.15) is 0 Å². The zero-order valence-corrected chi connectivity index (χ0v) is 18.1. The van der Waals surface area contributed by atoms with Crippen molar-refractivity contribution in [2.45, 2.75) is 33.2 Å². The van der Waals surface area contributed by atoms with Crippen LogP contribution in [0.4, 0.5) is 5.69 Å². The molecule has 29 heavy (non-hydrogen) atoms. The van der Waals surface area contributed by atoms with Crippen molar-refractivity contribution >= 4 is 57.1 Å². The van der Waals surface area contributed by atoms with Crippen molar-refractivity contribution in [1.29, 1.82) is 0 Å². The zero-order chi connectivity index (χ0) is 20.5. The van der Waals surface area contributed by atoms with Crippen molar-refractivity contribution in [2.24, 2.45) is 4.99 Å². The van der Waals surface area contributed by atoms with Crippen LogP contribution in [0.15, 0.2) is 58.6 Å². The second kappa shape index (κ2) is 8.09. The maximum atomic E-state index is 12.6. The van der Waals surface area contributed by atoms with E-state index in [4.69, 9.17) is 11.6 Å². The Hall–Kier alpha value is -2.50. The normalized spacial score (nSPS) is 18.0. The average molecular weight is 424 g/mol. The summed E-state index contributed by atoms with van der Waals surface area (Å²) in [6.45, 7) is 6.31. The molecule has 148 valence electrons. The number of hydrogen-bond acceptors (Lipinski definition) is 3. The fraction of sp³-hybridized carbons (Fsp3) is 0.217. The first-order chi connectivity index (χ1) is 14.0. The summed E-state index contributed by atoms with van der Waals surface area (Å²) in [4.78, 5) is 17.8. The van der Waals surface area contributed by atoms with Gasteiger partial charge in [-0.05, 0) is 61.9 Å². The topological polar surface area (TPSA) is 46.4 Å². The van der Waals surface area contributed by atoms with Crippen molar-refractivity contribution in [3.63, 3.8) is 0 Å². The van der Waals surface area contributed by atoms with Crippen LogP contribution >= 0.6 is 23.4 Å². The van der Waals surface area contributed by atoms with Crippen LogP contribution in [-0.4, -0.2) is 15.6 Å². The summed E-state index contributed by atoms with van der Waals surface area (Å²) in [6.07, 6.45) is 5.13. The third-order valence-electron chi connectivity index (χ3n) is 5.24. The summed E-state index contributed by atoms with van der Waals surface area (Å²) >= 11 is 7.54. The van der Waals surface area contributed by atoms with Gasteiger partial charge in [-0.3, -0.25) is 4.79 Å². The van der Waals surface area contributed by atoms with Gasteiger partial charge in [-0.25, -0.2) is 4.99 Å². The minimum absolute atomic E-state index is 0.131. The molecule has 2 heterocycles. The zero-order valence-electron chi connectivity index (χ0n) is 16.6. The SMILES string of the molecule is CC[C@H](C)n1cc(/C=C2/SC(=Nc3cccc(Cl)c3C)NC2=O)c2ccccc21. The van der Waals surface area contributed by atoms with Crippen LogP contribution in [0.2, 0.25) is 5.02 Å². The Morgan fingerprint density at radius 3 is 2.83 bits per heavy atom. The van der Waals surface area contributed by atoms with Crippen molar-refractivity contribution in [2.75, 3.05) is 0 Å². The second-order valence-corrected chi connectivity index (χ2v) is 8.57. The number of amides is 1. The summed E-state index contributed by atoms with van der Waals surface area (Å²) in [5.74, 6) is -0.131. The van der Waals surface area contributed by atoms with Gasteiger partial charge in [0, 0.05) is 33.7 Å². The fourth-order valence-electron chi connectivity index (χ4n) is 3.36. The smallest absolute Gasteiger partial charge is 0.264 e. The third kappa shape index (κ3) is 3.85. The Bertz CT molecular complexity index is 1160. The van der Waals surface area contributed by atoms with Crippen LogP contribution in [0, 0.1) is 6.92 Å². The van der Waals surface area contributed by atoms with Gasteiger partial charge in [-0.15, -0.1) is 0 Å². The number of benzene rings is 2. The van der Waals surface area contributed by atoms with E-state index in [1.54, 1.807) is 0 Å². The largest absolute Gasteiger partial charge is 0.344 e. The first-order valence-corrected chi connectivity index (χ1v) is 10.8. The number of carbonyl (C=O) groups excluding carboxylic acids is 1. The molecule has 4 rings (SSSR count). The lowest BCUT2D eigenvalue weighted by Gasteiger charge is -2.12. The van der Waals surface area contributed by atoms with E-state index in [-0.39, 0.29) is 5.91 Å². The number of thioether (sulfide) groups is 1. The van der Waals surface area contributed by atoms with Gasteiger partial charge < -0.3 is 9.88 Å². The van der Waals surface area contributed by atoms with E-state index in [0.29, 0.717) is 21.1 Å². The number of rotatable bonds is 4. The number of amidine groups is 1. The van der Waals surface area contributed by atoms with E-state index in [1.165, 1.54) is 17.3 Å². The summed E-state index contributed by atoms with van der Waals surface area (Å²) in [5, 5.41) is 5.24. The number of para-hydroxylation sites is 1. The van der Waals surface area contributed by atoms with Gasteiger partial charge in [0.2, 0.25) is 0 Å². The molecule has 1 aliphatic rings. The molecule has 1 amide bonds. The quantitative estimate of drug-likeness (QED) is 0.489. The number of carbonyl (C=O) groups is 1. The maximum Gasteiger partial charge on any atom is 0.264 e. The molecule has 0 unspecified atom stereocenters. The maximum absolute atomic E-state index is 12.6. The Morgan fingerprint density at radius 1 is 1.24 bits per heavy atom. The van der Waals surface area contributed by atoms with Gasteiger partial charge in [0.1, 0.15) is 0 Å². The van der Waals surface area contributed by atoms with Crippen molar-refractivity contribution in [3.8, 4) is 0 Å². The molecule has 3 aromatic rings. The third-order valence-corrected chi connectivity index (χ3v) is 6.55. The summed E-state index contributed by atoms with van der Waals surface area (Å²) in [6, 6.07) is 14.3. The molecule has 0 aliphatic carbocycles. The standard InChI is InChI=1S/C23H22ClN3OS/c1-4-14(2)27-13-16(17-8-5-6-11-20(17)27)12-21-22(28)26-23(29-21)25-19-10-7-9-18(24)15(19)3/h5-14H,4H2,1-3H3,(H,25,26,28)/b21-12+/t14-/m0/s1. The molecular weight excluding hydrogens is 402 g/mol. The highest BCUT2D eigenvalue weighted by atomic mass is 35.5. The molecule has 6 heteroatoms. The molecule has 0 spiro atoms. The highest BCUT2D eigenvalue weighted by Gasteiger charge is 2.25. The predicted molar refractivity (Wildman–Crippen MR) is 124 cm³/mol. The van der Waals surface area contributed by atoms with Crippen LogP contribution < -0.4 is 5.32 Å². The fourth-order valence-corrected chi connectivity index (χ4v) is 4.35. The van der Waals surface area contributed by atoms with Crippen molar-refractivity contribution in [3.05, 3.63) is 69.7 Å². The molecule has 1 saturated heterocycles. The number of fused-ring (bicyclic) bond motifs is 1. The van der Waals surface area contributed by atoms with Crippen LogP contribution in [0.3, 0.4) is 0 Å². The van der Waals surface area contributed by atoms with Gasteiger partial charge in [0.15, 0.2) is 5.17 Å². The second-order valence-electron chi connectivity index (χ2n) is 7.13. The van der Waals surface area contributed by atoms with Crippen LogP contribution in [0.1, 0.15) is 37.4 Å². The number of aromatic nitrogens is 1. The van der Waals surface area contributed by atoms with Crippen LogP contribution in [-0.2, 0) is 4.79 Å². The van der Waals surface area contributed by atoms with Crippen molar-refractivity contribution in [1.82, 2.24) is 9.88 Å². The molecule has 2 aromatic carbocycles. The lowest BCUT2D eigenvalue weighted by atomic mass is 10.1. The molecule has 0 radical (unpaired) electrons. The molecule has 1 N–H and O–H groups in total. The van der Waals surface area contributed by atoms with Gasteiger partial charge >= 0.3 is 0 Å². The Kier molecular flexibility index (Phi) is 5.52. The van der Waals surface area contributed by atoms with Gasteiger partial charge in [0.05, 0.1) is 10.6 Å². The van der Waals surface area contributed by atoms with E-state index in [9.17, 15) is 4.79 Å². The monoisotopic (exact) mass is 423 g/mol. The Labute approximate surface area is 179 Å². The van der Waals surface area contributed by atoms with Crippen molar-refractivity contribution < 1.29 is 4.79 Å². The highest BCUT2D eigenvalue weighted by molar-refractivity contribution is 8.18. The molecule has 0 saturated carbocycles. The molecule has 4 nitrogen and oxygen atoms in total. The highest BCUT2D eigenvalue weighted by Crippen LogP contribution is 2.33. The molecule has 1 fully saturated rings. The van der Waals surface area contributed by atoms with E-state index in [0.717, 1.165) is 28.6 Å². The Balaban J connectivity index is 1.70. The van der Waals surface area contributed by atoms with E-state index in [2.05, 4.69) is 47.1 Å². The van der Waals surface area contributed by atoms with Crippen LogP contribution in [0.25, 0.3) is 17.0 Å². The summed E-state index contributed by atoms with van der Waals surface area (Å²) < 4.78 is 2.28. The minimum Gasteiger partial charge on any atom is -0.344 e. The van der Waals surface area contributed by atoms with E-state index >= 15 is 0 Å².